The number of hydrogen-bond acceptors (Lipinski definition) is 6. The Balaban J connectivity index is 1.61. The van der Waals surface area contributed by atoms with Crippen molar-refractivity contribution in [3.63, 3.8) is 0 Å². The molecule has 3 aromatic rings. The number of pyridine rings is 1. The number of nitrogens with one attached hydrogen (secondary N) is 3. The standard InChI is InChI=1S/C19H18N4O5S/c24-17-8-5-15(10-18(17)25)23-29(27,28)16-6-3-14(4-7-16)22-19(26)21-12-13-2-1-9-20-11-13/h1-11,23-25H,12H2,(H2,21,22,26). The van der Waals surface area contributed by atoms with Crippen molar-refractivity contribution in [2.45, 2.75) is 11.4 Å². The minimum Gasteiger partial charge on any atom is -0.504 e. The maximum Gasteiger partial charge on any atom is 0.319 e. The second-order valence-electron chi connectivity index (χ2n) is 6.00. The normalized spacial score (nSPS) is 10.9. The fraction of sp³-hybridized carbons (Fsp3) is 0.0526. The Labute approximate surface area is 167 Å². The molecule has 1 heterocycles. The molecule has 0 unspecified atom stereocenters. The first kappa shape index (κ1) is 20.0. The molecule has 0 saturated carbocycles. The van der Waals surface area contributed by atoms with Gasteiger partial charge in [0, 0.05) is 30.7 Å². The van der Waals surface area contributed by atoms with Crippen LogP contribution in [0.2, 0.25) is 0 Å². The highest BCUT2D eigenvalue weighted by Gasteiger charge is 2.15. The molecule has 9 nitrogen and oxygen atoms in total. The van der Waals surface area contributed by atoms with Gasteiger partial charge in [-0.15, -0.1) is 0 Å². The summed E-state index contributed by atoms with van der Waals surface area (Å²) in [4.78, 5) is 15.9. The predicted molar refractivity (Wildman–Crippen MR) is 107 cm³/mol. The van der Waals surface area contributed by atoms with Crippen molar-refractivity contribution in [2.75, 3.05) is 10.0 Å². The predicted octanol–water partition coefficient (Wildman–Crippen LogP) is 2.62. The lowest BCUT2D eigenvalue weighted by Crippen LogP contribution is -2.28. The number of aromatic hydroxyl groups is 2. The molecule has 29 heavy (non-hydrogen) atoms. The van der Waals surface area contributed by atoms with Gasteiger partial charge in [0.25, 0.3) is 10.0 Å². The number of urea groups is 1. The van der Waals surface area contributed by atoms with E-state index < -0.39 is 21.8 Å². The molecule has 0 spiro atoms. The van der Waals surface area contributed by atoms with E-state index in [1.54, 1.807) is 18.5 Å². The third-order valence-electron chi connectivity index (χ3n) is 3.83. The Morgan fingerprint density at radius 2 is 1.69 bits per heavy atom. The largest absolute Gasteiger partial charge is 0.504 e. The van der Waals surface area contributed by atoms with Crippen molar-refractivity contribution in [2.24, 2.45) is 0 Å². The number of anilines is 2. The number of phenols is 2. The SMILES string of the molecule is O=C(NCc1cccnc1)Nc1ccc(S(=O)(=O)Nc2ccc(O)c(O)c2)cc1. The molecule has 150 valence electrons. The summed E-state index contributed by atoms with van der Waals surface area (Å²) in [7, 11) is -3.91. The quantitative estimate of drug-likeness (QED) is 0.310. The number of benzene rings is 2. The number of aromatic nitrogens is 1. The van der Waals surface area contributed by atoms with E-state index in [4.69, 9.17) is 0 Å². The van der Waals surface area contributed by atoms with Gasteiger partial charge in [-0.1, -0.05) is 6.07 Å². The molecule has 0 aliphatic heterocycles. The molecule has 3 rings (SSSR count). The number of amides is 2. The molecule has 0 fully saturated rings. The molecule has 0 aliphatic rings. The topological polar surface area (TPSA) is 141 Å². The monoisotopic (exact) mass is 414 g/mol. The van der Waals surface area contributed by atoms with Gasteiger partial charge in [-0.25, -0.2) is 13.2 Å². The van der Waals surface area contributed by atoms with Crippen molar-refractivity contribution >= 4 is 27.4 Å². The van der Waals surface area contributed by atoms with E-state index in [2.05, 4.69) is 20.3 Å². The highest BCUT2D eigenvalue weighted by molar-refractivity contribution is 7.92. The molecule has 2 amide bonds. The lowest BCUT2D eigenvalue weighted by molar-refractivity contribution is 0.251. The summed E-state index contributed by atoms with van der Waals surface area (Å²) >= 11 is 0. The Bertz CT molecular complexity index is 1100. The zero-order valence-electron chi connectivity index (χ0n) is 15.0. The number of phenolic OH excluding ortho intramolecular Hbond substituents is 2. The Hall–Kier alpha value is -3.79. The summed E-state index contributed by atoms with van der Waals surface area (Å²) in [6, 6.07) is 12.3. The van der Waals surface area contributed by atoms with Gasteiger partial charge in [0.15, 0.2) is 11.5 Å². The summed E-state index contributed by atoms with van der Waals surface area (Å²) in [5.74, 6) is -0.799. The molecule has 0 bridgehead atoms. The van der Waals surface area contributed by atoms with Gasteiger partial charge in [0.2, 0.25) is 0 Å². The first-order valence-electron chi connectivity index (χ1n) is 8.42. The fourth-order valence-electron chi connectivity index (χ4n) is 2.38. The third-order valence-corrected chi connectivity index (χ3v) is 5.22. The molecule has 1 aromatic heterocycles. The maximum atomic E-state index is 12.4. The minimum atomic E-state index is -3.91. The zero-order valence-corrected chi connectivity index (χ0v) is 15.8. The lowest BCUT2D eigenvalue weighted by atomic mass is 10.3. The first-order chi connectivity index (χ1) is 13.8. The number of hydrogen-bond donors (Lipinski definition) is 5. The molecular weight excluding hydrogens is 396 g/mol. The number of sulfonamides is 1. The lowest BCUT2D eigenvalue weighted by Gasteiger charge is -2.10. The van der Waals surface area contributed by atoms with Crippen LogP contribution in [0.4, 0.5) is 16.2 Å². The summed E-state index contributed by atoms with van der Waals surface area (Å²) in [5.41, 5.74) is 1.35. The van der Waals surface area contributed by atoms with Crippen LogP contribution in [0.1, 0.15) is 5.56 Å². The average Bonchev–Trinajstić information content (AvgIpc) is 2.70. The van der Waals surface area contributed by atoms with Crippen LogP contribution >= 0.6 is 0 Å². The molecular formula is C19H18N4O5S. The zero-order chi connectivity index (χ0) is 20.9. The maximum absolute atomic E-state index is 12.4. The van der Waals surface area contributed by atoms with Crippen LogP contribution in [-0.4, -0.2) is 29.6 Å². The van der Waals surface area contributed by atoms with Crippen molar-refractivity contribution in [3.05, 3.63) is 72.6 Å². The molecule has 0 aliphatic carbocycles. The van der Waals surface area contributed by atoms with E-state index in [1.807, 2.05) is 6.07 Å². The smallest absolute Gasteiger partial charge is 0.319 e. The van der Waals surface area contributed by atoms with Crippen molar-refractivity contribution in [3.8, 4) is 11.5 Å². The van der Waals surface area contributed by atoms with Crippen LogP contribution in [0.3, 0.4) is 0 Å². The number of rotatable bonds is 6. The summed E-state index contributed by atoms with van der Waals surface area (Å²) < 4.78 is 27.2. The van der Waals surface area contributed by atoms with Gasteiger partial charge in [0.1, 0.15) is 0 Å². The van der Waals surface area contributed by atoms with E-state index in [0.29, 0.717) is 12.2 Å². The van der Waals surface area contributed by atoms with E-state index in [0.717, 1.165) is 11.6 Å². The molecule has 0 radical (unpaired) electrons. The number of carbonyl (C=O) groups is 1. The van der Waals surface area contributed by atoms with Crippen LogP contribution < -0.4 is 15.4 Å². The molecule has 2 aromatic carbocycles. The van der Waals surface area contributed by atoms with Crippen LogP contribution in [-0.2, 0) is 16.6 Å². The summed E-state index contributed by atoms with van der Waals surface area (Å²) in [6.07, 6.45) is 3.28. The highest BCUT2D eigenvalue weighted by atomic mass is 32.2. The number of carbonyl (C=O) groups excluding carboxylic acids is 1. The Morgan fingerprint density at radius 1 is 0.966 bits per heavy atom. The van der Waals surface area contributed by atoms with Gasteiger partial charge in [-0.2, -0.15) is 0 Å². The van der Waals surface area contributed by atoms with E-state index >= 15 is 0 Å². The van der Waals surface area contributed by atoms with E-state index in [-0.39, 0.29) is 16.3 Å². The second kappa shape index (κ2) is 8.48. The summed E-state index contributed by atoms with van der Waals surface area (Å²) in [6.45, 7) is 0.301. The van der Waals surface area contributed by atoms with Gasteiger partial charge in [-0.3, -0.25) is 9.71 Å². The molecule has 10 heteroatoms. The van der Waals surface area contributed by atoms with Crippen LogP contribution in [0.15, 0.2) is 71.9 Å². The van der Waals surface area contributed by atoms with Gasteiger partial charge in [0.05, 0.1) is 10.6 Å². The van der Waals surface area contributed by atoms with E-state index in [1.165, 1.54) is 36.4 Å². The summed E-state index contributed by atoms with van der Waals surface area (Å²) in [5, 5.41) is 24.0. The van der Waals surface area contributed by atoms with Crippen LogP contribution in [0.5, 0.6) is 11.5 Å². The van der Waals surface area contributed by atoms with Crippen molar-refractivity contribution in [1.82, 2.24) is 10.3 Å². The third kappa shape index (κ3) is 5.36. The van der Waals surface area contributed by atoms with Crippen molar-refractivity contribution < 1.29 is 23.4 Å². The minimum absolute atomic E-state index is 0.0358. The number of nitrogens with zero attached hydrogens (tertiary/aromatic N) is 1. The molecule has 0 atom stereocenters. The average molecular weight is 414 g/mol. The van der Waals surface area contributed by atoms with Gasteiger partial charge >= 0.3 is 6.03 Å². The van der Waals surface area contributed by atoms with Crippen molar-refractivity contribution in [1.29, 1.82) is 0 Å². The Morgan fingerprint density at radius 3 is 2.34 bits per heavy atom. The second-order valence-corrected chi connectivity index (χ2v) is 7.68. The van der Waals surface area contributed by atoms with Crippen LogP contribution in [0, 0.1) is 0 Å². The van der Waals surface area contributed by atoms with E-state index in [9.17, 15) is 23.4 Å². The first-order valence-corrected chi connectivity index (χ1v) is 9.90. The Kier molecular flexibility index (Phi) is 5.84. The molecule has 5 N–H and O–H groups in total. The van der Waals surface area contributed by atoms with Gasteiger partial charge < -0.3 is 20.8 Å². The highest BCUT2D eigenvalue weighted by Crippen LogP contribution is 2.28. The van der Waals surface area contributed by atoms with Crippen LogP contribution in [0.25, 0.3) is 0 Å². The van der Waals surface area contributed by atoms with Gasteiger partial charge in [-0.05, 0) is 48.0 Å². The molecule has 0 saturated heterocycles. The fourth-order valence-corrected chi connectivity index (χ4v) is 3.43.